The number of H-pyrrole nitrogens is 1. The molecule has 3 aromatic rings. The molecule has 4 heterocycles. The fourth-order valence-electron chi connectivity index (χ4n) is 2.86. The van der Waals surface area contributed by atoms with E-state index in [2.05, 4.69) is 36.0 Å². The molecule has 0 radical (unpaired) electrons. The number of rotatable bonds is 5. The maximum absolute atomic E-state index is 6.30. The van der Waals surface area contributed by atoms with Crippen LogP contribution in [-0.2, 0) is 6.54 Å². The van der Waals surface area contributed by atoms with Crippen molar-refractivity contribution in [2.45, 2.75) is 25.9 Å². The highest BCUT2D eigenvalue weighted by Crippen LogP contribution is 2.30. The van der Waals surface area contributed by atoms with Gasteiger partial charge < -0.3 is 20.9 Å². The van der Waals surface area contributed by atoms with Gasteiger partial charge in [-0.1, -0.05) is 11.6 Å². The molecule has 3 aromatic heterocycles. The predicted octanol–water partition coefficient (Wildman–Crippen LogP) is 2.35. The van der Waals surface area contributed by atoms with Gasteiger partial charge in [0.25, 0.3) is 0 Å². The highest BCUT2D eigenvalue weighted by molar-refractivity contribution is 6.36. The van der Waals surface area contributed by atoms with Crippen LogP contribution in [0.1, 0.15) is 13.3 Å². The number of halogens is 1. The smallest absolute Gasteiger partial charge is 0.231 e. The van der Waals surface area contributed by atoms with Crippen LogP contribution in [0.25, 0.3) is 11.0 Å². The van der Waals surface area contributed by atoms with E-state index in [1.807, 2.05) is 17.8 Å². The second-order valence-corrected chi connectivity index (χ2v) is 6.21. The van der Waals surface area contributed by atoms with Crippen LogP contribution in [0.3, 0.4) is 0 Å². The number of fused-ring (bicyclic) bond motifs is 1. The fraction of sp³-hybridized carbons (Fsp3) is 0.400. The van der Waals surface area contributed by atoms with Crippen molar-refractivity contribution < 1.29 is 0 Å². The average molecular weight is 347 g/mol. The van der Waals surface area contributed by atoms with Crippen molar-refractivity contribution in [2.24, 2.45) is 0 Å². The molecule has 1 atom stereocenters. The van der Waals surface area contributed by atoms with Crippen molar-refractivity contribution in [3.05, 3.63) is 23.6 Å². The fourth-order valence-corrected chi connectivity index (χ4v) is 3.09. The van der Waals surface area contributed by atoms with Gasteiger partial charge in [0.15, 0.2) is 0 Å². The molecule has 4 rings (SSSR count). The van der Waals surface area contributed by atoms with E-state index in [-0.39, 0.29) is 0 Å². The lowest BCUT2D eigenvalue weighted by atomic mass is 10.2. The third kappa shape index (κ3) is 2.90. The summed E-state index contributed by atoms with van der Waals surface area (Å²) in [6, 6.07) is 0.338. The van der Waals surface area contributed by atoms with Gasteiger partial charge in [0, 0.05) is 31.5 Å². The molecular weight excluding hydrogens is 328 g/mol. The third-order valence-corrected chi connectivity index (χ3v) is 4.40. The monoisotopic (exact) mass is 346 g/mol. The van der Waals surface area contributed by atoms with Gasteiger partial charge in [-0.05, 0) is 19.9 Å². The minimum Gasteiger partial charge on any atom is -0.365 e. The van der Waals surface area contributed by atoms with E-state index in [1.165, 1.54) is 0 Å². The molecule has 1 saturated heterocycles. The quantitative estimate of drug-likeness (QED) is 0.566. The first-order valence-corrected chi connectivity index (χ1v) is 8.42. The maximum atomic E-state index is 6.30. The Morgan fingerprint density at radius 3 is 3.08 bits per heavy atom. The molecule has 0 aliphatic carbocycles. The molecule has 0 spiro atoms. The molecular formula is C15H19ClN8. The Kier molecular flexibility index (Phi) is 3.99. The summed E-state index contributed by atoms with van der Waals surface area (Å²) in [5.41, 5.74) is 1.55. The minimum atomic E-state index is 0.338. The van der Waals surface area contributed by atoms with Gasteiger partial charge in [-0.15, -0.1) is 0 Å². The summed E-state index contributed by atoms with van der Waals surface area (Å²) in [5.74, 6) is 1.25. The molecule has 1 aliphatic rings. The van der Waals surface area contributed by atoms with Gasteiger partial charge in [0.1, 0.15) is 11.5 Å². The molecule has 0 amide bonds. The minimum absolute atomic E-state index is 0.338. The number of aromatic nitrogens is 5. The van der Waals surface area contributed by atoms with E-state index in [9.17, 15) is 0 Å². The van der Waals surface area contributed by atoms with E-state index in [0.29, 0.717) is 22.7 Å². The van der Waals surface area contributed by atoms with Crippen LogP contribution in [0.5, 0.6) is 0 Å². The lowest BCUT2D eigenvalue weighted by Crippen LogP contribution is -2.23. The Hall–Kier alpha value is -2.32. The molecule has 1 aliphatic heterocycles. The van der Waals surface area contributed by atoms with Crippen molar-refractivity contribution in [3.63, 3.8) is 0 Å². The summed E-state index contributed by atoms with van der Waals surface area (Å²) >= 11 is 6.30. The van der Waals surface area contributed by atoms with Crippen molar-refractivity contribution in [2.75, 3.05) is 23.7 Å². The number of hydrogen-bond acceptors (Lipinski definition) is 6. The second-order valence-electron chi connectivity index (χ2n) is 5.80. The Morgan fingerprint density at radius 1 is 1.42 bits per heavy atom. The Bertz CT molecular complexity index is 848. The average Bonchev–Trinajstić information content (AvgIpc) is 3.30. The van der Waals surface area contributed by atoms with E-state index >= 15 is 0 Å². The molecule has 8 nitrogen and oxygen atoms in total. The summed E-state index contributed by atoms with van der Waals surface area (Å²) in [6.07, 6.45) is 6.47. The molecule has 0 bridgehead atoms. The van der Waals surface area contributed by atoms with E-state index < -0.39 is 0 Å². The highest BCUT2D eigenvalue weighted by Gasteiger charge is 2.19. The molecule has 9 heteroatoms. The third-order valence-electron chi connectivity index (χ3n) is 4.10. The van der Waals surface area contributed by atoms with Crippen LogP contribution in [0.2, 0.25) is 5.02 Å². The van der Waals surface area contributed by atoms with Gasteiger partial charge in [0.05, 0.1) is 22.3 Å². The summed E-state index contributed by atoms with van der Waals surface area (Å²) in [7, 11) is 0. The van der Waals surface area contributed by atoms with Gasteiger partial charge in [-0.2, -0.15) is 15.1 Å². The Morgan fingerprint density at radius 2 is 2.33 bits per heavy atom. The summed E-state index contributed by atoms with van der Waals surface area (Å²) in [5, 5.41) is 15.7. The Balaban J connectivity index is 1.67. The second kappa shape index (κ2) is 6.29. The molecule has 4 N–H and O–H groups in total. The normalized spacial score (nSPS) is 17.5. The zero-order valence-electron chi connectivity index (χ0n) is 13.3. The van der Waals surface area contributed by atoms with Crippen molar-refractivity contribution in [1.82, 2.24) is 30.0 Å². The molecule has 0 aromatic carbocycles. The number of aromatic amines is 1. The zero-order chi connectivity index (χ0) is 16.5. The van der Waals surface area contributed by atoms with Crippen molar-refractivity contribution in [1.29, 1.82) is 0 Å². The Labute approximate surface area is 144 Å². The SMILES string of the molecule is CCn1cc(Nc2nc(NC3CCNC3)c3c(Cl)c[nH]c3n2)cn1. The van der Waals surface area contributed by atoms with Crippen LogP contribution in [0.15, 0.2) is 18.6 Å². The maximum Gasteiger partial charge on any atom is 0.231 e. The molecule has 0 saturated carbocycles. The van der Waals surface area contributed by atoms with Gasteiger partial charge in [-0.25, -0.2) is 0 Å². The number of hydrogen-bond donors (Lipinski definition) is 4. The van der Waals surface area contributed by atoms with Crippen LogP contribution >= 0.6 is 11.6 Å². The predicted molar refractivity (Wildman–Crippen MR) is 95.0 cm³/mol. The summed E-state index contributed by atoms with van der Waals surface area (Å²) in [4.78, 5) is 12.2. The van der Waals surface area contributed by atoms with Crippen LogP contribution < -0.4 is 16.0 Å². The van der Waals surface area contributed by atoms with Crippen molar-refractivity contribution >= 4 is 40.1 Å². The number of aryl methyl sites for hydroxylation is 1. The first-order valence-electron chi connectivity index (χ1n) is 8.04. The van der Waals surface area contributed by atoms with E-state index in [0.717, 1.165) is 42.9 Å². The first-order chi connectivity index (χ1) is 11.7. The molecule has 24 heavy (non-hydrogen) atoms. The van der Waals surface area contributed by atoms with Gasteiger partial charge in [0.2, 0.25) is 5.95 Å². The lowest BCUT2D eigenvalue weighted by Gasteiger charge is -2.14. The lowest BCUT2D eigenvalue weighted by molar-refractivity contribution is 0.660. The molecule has 1 unspecified atom stereocenters. The molecule has 126 valence electrons. The molecule has 1 fully saturated rings. The summed E-state index contributed by atoms with van der Waals surface area (Å²) in [6.45, 7) is 4.78. The van der Waals surface area contributed by atoms with Crippen LogP contribution in [0, 0.1) is 0 Å². The van der Waals surface area contributed by atoms with Crippen molar-refractivity contribution in [3.8, 4) is 0 Å². The standard InChI is InChI=1S/C15H19ClN8/c1-2-24-8-10(6-19-24)21-15-22-13-12(11(16)7-18-13)14(23-15)20-9-3-4-17-5-9/h6-9,17H,2-5H2,1H3,(H3,18,20,21,22,23). The topological polar surface area (TPSA) is 95.5 Å². The summed E-state index contributed by atoms with van der Waals surface area (Å²) < 4.78 is 1.84. The highest BCUT2D eigenvalue weighted by atomic mass is 35.5. The largest absolute Gasteiger partial charge is 0.365 e. The van der Waals surface area contributed by atoms with Gasteiger partial charge >= 0.3 is 0 Å². The van der Waals surface area contributed by atoms with Crippen LogP contribution in [0.4, 0.5) is 17.5 Å². The zero-order valence-corrected chi connectivity index (χ0v) is 14.1. The first kappa shape index (κ1) is 15.2. The number of anilines is 3. The van der Waals surface area contributed by atoms with Crippen LogP contribution in [-0.4, -0.2) is 43.9 Å². The van der Waals surface area contributed by atoms with E-state index in [1.54, 1.807) is 12.4 Å². The van der Waals surface area contributed by atoms with Gasteiger partial charge in [-0.3, -0.25) is 4.68 Å². The number of nitrogens with one attached hydrogen (secondary N) is 4. The van der Waals surface area contributed by atoms with E-state index in [4.69, 9.17) is 11.6 Å². The number of nitrogens with zero attached hydrogens (tertiary/aromatic N) is 4.